The Morgan fingerprint density at radius 2 is 2.05 bits per heavy atom. The van der Waals surface area contributed by atoms with Crippen molar-refractivity contribution in [1.29, 1.82) is 0 Å². The van der Waals surface area contributed by atoms with Crippen molar-refractivity contribution in [3.63, 3.8) is 0 Å². The normalized spacial score (nSPS) is 17.3. The van der Waals surface area contributed by atoms with Crippen LogP contribution in [0.2, 0.25) is 0 Å². The molecule has 4 heterocycles. The number of anilines is 1. The standard InChI is InChI=1S/C23H22F5N7O2/c1-11-29-19-15(24)6-13(7-16(19)34(11)9-18(25)26)14-4-5-35-20(14)21(37-3)31-22(32-35)30-17-8-33(12(2)36)10-23(17,27)28/h4-7,17-18H,8-10H2,1-3H3,(H,30,32). The predicted octanol–water partition coefficient (Wildman–Crippen LogP) is 3.75. The van der Waals surface area contributed by atoms with Crippen LogP contribution in [0.1, 0.15) is 12.7 Å². The van der Waals surface area contributed by atoms with Gasteiger partial charge in [0.25, 0.3) is 12.3 Å². The number of benzene rings is 1. The van der Waals surface area contributed by atoms with Gasteiger partial charge >= 0.3 is 0 Å². The van der Waals surface area contributed by atoms with Crippen LogP contribution in [0.5, 0.6) is 5.88 Å². The fraction of sp³-hybridized carbons (Fsp3) is 0.391. The number of nitrogens with one attached hydrogen (secondary N) is 1. The van der Waals surface area contributed by atoms with Gasteiger partial charge in [-0.05, 0) is 30.7 Å². The summed E-state index contributed by atoms with van der Waals surface area (Å²) in [5.74, 6) is -4.27. The lowest BCUT2D eigenvalue weighted by molar-refractivity contribution is -0.129. The summed E-state index contributed by atoms with van der Waals surface area (Å²) in [7, 11) is 1.33. The number of hydrogen-bond acceptors (Lipinski definition) is 6. The van der Waals surface area contributed by atoms with E-state index < -0.39 is 43.2 Å². The van der Waals surface area contributed by atoms with Crippen LogP contribution in [0.4, 0.5) is 27.9 Å². The van der Waals surface area contributed by atoms with E-state index in [1.165, 1.54) is 48.4 Å². The van der Waals surface area contributed by atoms with E-state index in [4.69, 9.17) is 4.74 Å². The zero-order chi connectivity index (χ0) is 26.6. The lowest BCUT2D eigenvalue weighted by Crippen LogP contribution is -2.38. The van der Waals surface area contributed by atoms with E-state index in [2.05, 4.69) is 20.4 Å². The molecule has 4 aromatic rings. The SMILES string of the molecule is COc1nc(NC2CN(C(C)=O)CC2(F)F)nn2ccc(-c3cc(F)c4nc(C)n(CC(F)F)c4c3)c12. The van der Waals surface area contributed by atoms with Gasteiger partial charge in [0.05, 0.1) is 25.7 Å². The zero-order valence-corrected chi connectivity index (χ0v) is 20.0. The molecule has 0 aliphatic carbocycles. The summed E-state index contributed by atoms with van der Waals surface area (Å²) < 4.78 is 78.1. The molecule has 0 radical (unpaired) electrons. The van der Waals surface area contributed by atoms with Crippen molar-refractivity contribution in [2.24, 2.45) is 0 Å². The second-order valence-electron chi connectivity index (χ2n) is 8.81. The second kappa shape index (κ2) is 8.85. The number of imidazole rings is 1. The summed E-state index contributed by atoms with van der Waals surface area (Å²) in [5.41, 5.74) is 1.25. The zero-order valence-electron chi connectivity index (χ0n) is 20.0. The maximum absolute atomic E-state index is 15.0. The molecule has 9 nitrogen and oxygen atoms in total. The van der Waals surface area contributed by atoms with Crippen molar-refractivity contribution in [2.75, 3.05) is 25.5 Å². The van der Waals surface area contributed by atoms with E-state index in [1.54, 1.807) is 6.07 Å². The smallest absolute Gasteiger partial charge is 0.286 e. The van der Waals surface area contributed by atoms with Crippen LogP contribution in [-0.4, -0.2) is 73.5 Å². The fourth-order valence-corrected chi connectivity index (χ4v) is 4.58. The van der Waals surface area contributed by atoms with Crippen LogP contribution < -0.4 is 10.1 Å². The molecule has 1 aliphatic heterocycles. The number of fused-ring (bicyclic) bond motifs is 2. The highest BCUT2D eigenvalue weighted by Crippen LogP contribution is 2.35. The van der Waals surface area contributed by atoms with Crippen LogP contribution >= 0.6 is 0 Å². The van der Waals surface area contributed by atoms with Crippen LogP contribution in [0.3, 0.4) is 0 Å². The Morgan fingerprint density at radius 3 is 2.70 bits per heavy atom. The van der Waals surface area contributed by atoms with Crippen LogP contribution in [-0.2, 0) is 11.3 Å². The molecule has 37 heavy (non-hydrogen) atoms. The van der Waals surface area contributed by atoms with Gasteiger partial charge in [0.2, 0.25) is 17.7 Å². The van der Waals surface area contributed by atoms with E-state index in [0.717, 1.165) is 4.90 Å². The molecular weight excluding hydrogens is 501 g/mol. The number of methoxy groups -OCH3 is 1. The molecule has 1 unspecified atom stereocenters. The largest absolute Gasteiger partial charge is 0.479 e. The number of ether oxygens (including phenoxy) is 1. The lowest BCUT2D eigenvalue weighted by atomic mass is 10.1. The van der Waals surface area contributed by atoms with E-state index in [0.29, 0.717) is 16.6 Å². The summed E-state index contributed by atoms with van der Waals surface area (Å²) in [6.45, 7) is 1.14. The van der Waals surface area contributed by atoms with Crippen molar-refractivity contribution >= 4 is 28.4 Å². The molecule has 1 saturated heterocycles. The Morgan fingerprint density at radius 1 is 1.30 bits per heavy atom. The number of carbonyl (C=O) groups is 1. The van der Waals surface area contributed by atoms with E-state index >= 15 is 0 Å². The number of likely N-dealkylation sites (tertiary alicyclic amines) is 1. The fourth-order valence-electron chi connectivity index (χ4n) is 4.58. The number of carbonyl (C=O) groups excluding carboxylic acids is 1. The topological polar surface area (TPSA) is 89.6 Å². The van der Waals surface area contributed by atoms with Gasteiger partial charge in [-0.2, -0.15) is 4.98 Å². The van der Waals surface area contributed by atoms with Gasteiger partial charge in [-0.1, -0.05) is 0 Å². The number of rotatable bonds is 6. The summed E-state index contributed by atoms with van der Waals surface area (Å²) in [4.78, 5) is 20.9. The van der Waals surface area contributed by atoms with Crippen molar-refractivity contribution in [1.82, 2.24) is 29.0 Å². The number of alkyl halides is 4. The van der Waals surface area contributed by atoms with Gasteiger partial charge in [-0.3, -0.25) is 4.79 Å². The van der Waals surface area contributed by atoms with Crippen molar-refractivity contribution in [3.05, 3.63) is 36.0 Å². The average molecular weight is 523 g/mol. The van der Waals surface area contributed by atoms with Gasteiger partial charge < -0.3 is 19.5 Å². The molecule has 14 heteroatoms. The Balaban J connectivity index is 1.56. The molecule has 5 rings (SSSR count). The summed E-state index contributed by atoms with van der Waals surface area (Å²) in [5, 5.41) is 6.83. The molecule has 0 saturated carbocycles. The number of halogens is 5. The minimum atomic E-state index is -3.20. The molecule has 3 aromatic heterocycles. The molecule has 1 aliphatic rings. The predicted molar refractivity (Wildman–Crippen MR) is 124 cm³/mol. The third-order valence-electron chi connectivity index (χ3n) is 6.37. The minimum absolute atomic E-state index is 0.0139. The maximum Gasteiger partial charge on any atom is 0.286 e. The van der Waals surface area contributed by atoms with Crippen molar-refractivity contribution in [2.45, 2.75) is 38.8 Å². The third kappa shape index (κ3) is 4.29. The number of amides is 1. The Labute approximate surface area is 206 Å². The number of hydrogen-bond donors (Lipinski definition) is 1. The van der Waals surface area contributed by atoms with Crippen molar-refractivity contribution < 1.29 is 31.5 Å². The summed E-state index contributed by atoms with van der Waals surface area (Å²) in [6, 6.07) is 2.94. The first kappa shape index (κ1) is 24.7. The Hall–Kier alpha value is -3.97. The van der Waals surface area contributed by atoms with E-state index in [-0.39, 0.29) is 35.2 Å². The molecule has 1 atom stereocenters. The Bertz CT molecular complexity index is 1520. The summed E-state index contributed by atoms with van der Waals surface area (Å²) >= 11 is 0. The van der Waals surface area contributed by atoms with Crippen LogP contribution in [0.15, 0.2) is 24.4 Å². The third-order valence-corrected chi connectivity index (χ3v) is 6.37. The number of aryl methyl sites for hydroxylation is 1. The van der Waals surface area contributed by atoms with Gasteiger partial charge in [-0.15, -0.1) is 5.10 Å². The average Bonchev–Trinajstić information content (AvgIpc) is 3.47. The number of aromatic nitrogens is 5. The Kier molecular flexibility index (Phi) is 5.91. The highest BCUT2D eigenvalue weighted by Gasteiger charge is 2.49. The molecule has 1 aromatic carbocycles. The summed E-state index contributed by atoms with van der Waals surface area (Å²) in [6.07, 6.45) is -1.15. The van der Waals surface area contributed by atoms with Gasteiger partial charge in [0, 0.05) is 25.2 Å². The molecule has 1 amide bonds. The molecule has 1 fully saturated rings. The lowest BCUT2D eigenvalue weighted by Gasteiger charge is -2.19. The molecule has 1 N–H and O–H groups in total. The second-order valence-corrected chi connectivity index (χ2v) is 8.81. The van der Waals surface area contributed by atoms with Gasteiger partial charge in [0.15, 0.2) is 5.82 Å². The minimum Gasteiger partial charge on any atom is -0.479 e. The van der Waals surface area contributed by atoms with E-state index in [1.807, 2.05) is 0 Å². The van der Waals surface area contributed by atoms with E-state index in [9.17, 15) is 26.7 Å². The first-order valence-corrected chi connectivity index (χ1v) is 11.3. The highest BCUT2D eigenvalue weighted by molar-refractivity contribution is 5.90. The molecule has 196 valence electrons. The maximum atomic E-state index is 15.0. The van der Waals surface area contributed by atoms with Gasteiger partial charge in [-0.25, -0.2) is 31.5 Å². The van der Waals surface area contributed by atoms with Crippen LogP contribution in [0.25, 0.3) is 27.7 Å². The molecular formula is C23H22F5N7O2. The van der Waals surface area contributed by atoms with Gasteiger partial charge in [0.1, 0.15) is 22.9 Å². The monoisotopic (exact) mass is 523 g/mol. The molecule has 0 bridgehead atoms. The first-order chi connectivity index (χ1) is 17.5. The highest BCUT2D eigenvalue weighted by atomic mass is 19.3. The number of nitrogens with zero attached hydrogens (tertiary/aromatic N) is 6. The molecule has 0 spiro atoms. The quantitative estimate of drug-likeness (QED) is 0.388. The first-order valence-electron chi connectivity index (χ1n) is 11.3. The van der Waals surface area contributed by atoms with Crippen LogP contribution in [0, 0.1) is 12.7 Å². The van der Waals surface area contributed by atoms with Crippen molar-refractivity contribution in [3.8, 4) is 17.0 Å².